The van der Waals surface area contributed by atoms with Crippen LogP contribution in [0.5, 0.6) is 11.5 Å². The van der Waals surface area contributed by atoms with Crippen molar-refractivity contribution in [3.05, 3.63) is 90.3 Å². The number of carbonyl (C=O) groups is 2. The van der Waals surface area contributed by atoms with Crippen LogP contribution in [0.4, 0.5) is 0 Å². The van der Waals surface area contributed by atoms with Gasteiger partial charge in [0.05, 0.1) is 22.5 Å². The van der Waals surface area contributed by atoms with Crippen molar-refractivity contribution in [1.82, 2.24) is 20.5 Å². The quantitative estimate of drug-likeness (QED) is 0.248. The summed E-state index contributed by atoms with van der Waals surface area (Å²) in [4.78, 5) is 33.1. The summed E-state index contributed by atoms with van der Waals surface area (Å²) in [5.41, 5.74) is 1.56. The zero-order chi connectivity index (χ0) is 29.1. The van der Waals surface area contributed by atoms with Gasteiger partial charge in [-0.3, -0.25) is 14.6 Å². The predicted octanol–water partition coefficient (Wildman–Crippen LogP) is 6.35. The number of amides is 2. The maximum Gasteiger partial charge on any atom is 0.256 e. The van der Waals surface area contributed by atoms with E-state index in [1.807, 2.05) is 54.6 Å². The van der Waals surface area contributed by atoms with Gasteiger partial charge in [0.25, 0.3) is 5.91 Å². The van der Waals surface area contributed by atoms with E-state index in [9.17, 15) is 9.59 Å². The average Bonchev–Trinajstić information content (AvgIpc) is 3.54. The lowest BCUT2D eigenvalue weighted by Crippen LogP contribution is -2.53. The number of rotatable bonds is 11. The molecule has 2 heterocycles. The summed E-state index contributed by atoms with van der Waals surface area (Å²) in [7, 11) is 0. The Morgan fingerprint density at radius 2 is 1.76 bits per heavy atom. The van der Waals surface area contributed by atoms with Crippen LogP contribution in [0.2, 0.25) is 0 Å². The van der Waals surface area contributed by atoms with E-state index in [1.54, 1.807) is 41.2 Å². The molecule has 42 heavy (non-hydrogen) atoms. The van der Waals surface area contributed by atoms with Gasteiger partial charge in [-0.2, -0.15) is 0 Å². The molecule has 1 saturated heterocycles. The normalized spacial score (nSPS) is 17.8. The van der Waals surface area contributed by atoms with E-state index in [0.29, 0.717) is 34.6 Å². The van der Waals surface area contributed by atoms with Gasteiger partial charge in [-0.25, -0.2) is 0 Å². The van der Waals surface area contributed by atoms with Gasteiger partial charge in [0.2, 0.25) is 5.91 Å². The molecule has 220 valence electrons. The van der Waals surface area contributed by atoms with Gasteiger partial charge in [-0.15, -0.1) is 11.8 Å². The van der Waals surface area contributed by atoms with Crippen LogP contribution in [0.25, 0.3) is 0 Å². The molecule has 0 spiro atoms. The molecule has 5 rings (SSSR count). The van der Waals surface area contributed by atoms with E-state index >= 15 is 0 Å². The van der Waals surface area contributed by atoms with Crippen LogP contribution in [-0.2, 0) is 11.3 Å². The third kappa shape index (κ3) is 8.32. The smallest absolute Gasteiger partial charge is 0.256 e. The molecule has 2 N–H and O–H groups in total. The van der Waals surface area contributed by atoms with Crippen molar-refractivity contribution in [2.45, 2.75) is 63.6 Å². The molecule has 2 atom stereocenters. The zero-order valence-corrected chi connectivity index (χ0v) is 25.4. The Bertz CT molecular complexity index is 1320. The molecule has 9 heteroatoms. The van der Waals surface area contributed by atoms with Crippen molar-refractivity contribution in [2.24, 2.45) is 5.92 Å². The number of nitrogens with one attached hydrogen (secondary N) is 2. The van der Waals surface area contributed by atoms with Gasteiger partial charge in [-0.05, 0) is 60.7 Å². The molecule has 1 saturated carbocycles. The molecule has 7 nitrogen and oxygen atoms in total. The minimum atomic E-state index is -0.542. The molecule has 2 fully saturated rings. The van der Waals surface area contributed by atoms with Gasteiger partial charge < -0.3 is 20.3 Å². The van der Waals surface area contributed by atoms with Crippen LogP contribution in [0.15, 0.2) is 79.1 Å². The lowest BCUT2D eigenvalue weighted by atomic mass is 9.85. The number of thioether (sulfide) groups is 1. The molecule has 3 aromatic rings. The summed E-state index contributed by atoms with van der Waals surface area (Å²) in [6, 6.07) is 20.3. The minimum Gasteiger partial charge on any atom is -0.457 e. The molecule has 0 unspecified atom stereocenters. The average molecular weight is 603 g/mol. The summed E-state index contributed by atoms with van der Waals surface area (Å²) in [6.07, 6.45) is 11.3. The third-order valence-electron chi connectivity index (χ3n) is 7.94. The van der Waals surface area contributed by atoms with Gasteiger partial charge >= 0.3 is 0 Å². The Balaban J connectivity index is 1.20. The summed E-state index contributed by atoms with van der Waals surface area (Å²) < 4.78 is 5.91. The first-order chi connectivity index (χ1) is 20.6. The van der Waals surface area contributed by atoms with E-state index < -0.39 is 6.04 Å². The van der Waals surface area contributed by atoms with Crippen molar-refractivity contribution < 1.29 is 14.3 Å². The van der Waals surface area contributed by atoms with Crippen molar-refractivity contribution in [3.8, 4) is 11.5 Å². The molecule has 2 aromatic carbocycles. The van der Waals surface area contributed by atoms with Crippen LogP contribution < -0.4 is 15.4 Å². The van der Waals surface area contributed by atoms with E-state index in [-0.39, 0.29) is 17.9 Å². The topological polar surface area (TPSA) is 83.6 Å². The Labute approximate surface area is 257 Å². The maximum atomic E-state index is 13.6. The van der Waals surface area contributed by atoms with Crippen LogP contribution in [-0.4, -0.2) is 50.4 Å². The van der Waals surface area contributed by atoms with Crippen LogP contribution in [0.1, 0.15) is 60.9 Å². The second-order valence-corrected chi connectivity index (χ2v) is 12.4. The molecule has 1 aliphatic carbocycles. The molecule has 2 aliphatic rings. The highest BCUT2D eigenvalue weighted by atomic mass is 32.2. The number of ether oxygens (including phenoxy) is 1. The van der Waals surface area contributed by atoms with Gasteiger partial charge in [0.1, 0.15) is 17.5 Å². The molecule has 1 aliphatic heterocycles. The Kier molecular flexibility index (Phi) is 10.8. The van der Waals surface area contributed by atoms with Crippen LogP contribution in [0, 0.1) is 5.92 Å². The summed E-state index contributed by atoms with van der Waals surface area (Å²) in [5.74, 6) is 2.94. The van der Waals surface area contributed by atoms with Crippen LogP contribution >= 0.6 is 24.0 Å². The Morgan fingerprint density at radius 3 is 2.50 bits per heavy atom. The summed E-state index contributed by atoms with van der Waals surface area (Å²) in [5, 5.41) is 6.62. The van der Waals surface area contributed by atoms with Gasteiger partial charge in [0.15, 0.2) is 0 Å². The molecule has 0 bridgehead atoms. The molecular formula is C33H38N4O3S2. The first-order valence-electron chi connectivity index (χ1n) is 14.8. The van der Waals surface area contributed by atoms with Crippen LogP contribution in [0.3, 0.4) is 0 Å². The summed E-state index contributed by atoms with van der Waals surface area (Å²) in [6.45, 7) is 0.547. The largest absolute Gasteiger partial charge is 0.457 e. The van der Waals surface area contributed by atoms with Gasteiger partial charge in [-0.1, -0.05) is 74.7 Å². The predicted molar refractivity (Wildman–Crippen MR) is 172 cm³/mol. The maximum absolute atomic E-state index is 13.6. The fourth-order valence-electron chi connectivity index (χ4n) is 5.54. The SMILES string of the molecule is O=C(N[C@H](CCC1CCCCC1)C(=S)NCc1ccc(Oc2ccccc2)cc1)[C@@H]1CSCN1C(=O)c1cccnc1. The second-order valence-electron chi connectivity index (χ2n) is 11.0. The number of benzene rings is 2. The molecule has 0 radical (unpaired) electrons. The minimum absolute atomic E-state index is 0.155. The van der Waals surface area contributed by atoms with E-state index in [4.69, 9.17) is 17.0 Å². The first-order valence-corrected chi connectivity index (χ1v) is 16.3. The first kappa shape index (κ1) is 30.0. The standard InChI is InChI=1S/C33H38N4O3S2/c38-31(30-22-42-23-37(30)33(39)26-10-7-19-34-21-26)36-29(18-15-24-8-3-1-4-9-24)32(41)35-20-25-13-16-28(17-14-25)40-27-11-5-2-6-12-27/h2,5-7,10-14,16-17,19,21,24,29-30H,1,3-4,8-9,15,18,20,22-23H2,(H,35,41)(H,36,38)/t29-,30+/m1/s1. The molecule has 2 amide bonds. The second kappa shape index (κ2) is 15.2. The Morgan fingerprint density at radius 1 is 1.00 bits per heavy atom. The highest BCUT2D eigenvalue weighted by Crippen LogP contribution is 2.28. The summed E-state index contributed by atoms with van der Waals surface area (Å²) >= 11 is 7.45. The van der Waals surface area contributed by atoms with Crippen molar-refractivity contribution in [3.63, 3.8) is 0 Å². The van der Waals surface area contributed by atoms with E-state index in [0.717, 1.165) is 29.9 Å². The number of para-hydroxylation sites is 1. The highest BCUT2D eigenvalue weighted by molar-refractivity contribution is 7.99. The number of thiocarbonyl (C=S) groups is 1. The van der Waals surface area contributed by atoms with Crippen molar-refractivity contribution in [2.75, 3.05) is 11.6 Å². The third-order valence-corrected chi connectivity index (χ3v) is 9.39. The van der Waals surface area contributed by atoms with Crippen molar-refractivity contribution >= 4 is 40.8 Å². The monoisotopic (exact) mass is 602 g/mol. The lowest BCUT2D eigenvalue weighted by Gasteiger charge is -2.28. The zero-order valence-electron chi connectivity index (χ0n) is 23.7. The van der Waals surface area contributed by atoms with Crippen molar-refractivity contribution in [1.29, 1.82) is 0 Å². The number of hydrogen-bond donors (Lipinski definition) is 2. The number of pyridine rings is 1. The number of carbonyl (C=O) groups excluding carboxylic acids is 2. The van der Waals surface area contributed by atoms with E-state index in [1.165, 1.54) is 32.1 Å². The molecular weight excluding hydrogens is 565 g/mol. The van der Waals surface area contributed by atoms with E-state index in [2.05, 4.69) is 15.6 Å². The number of hydrogen-bond acceptors (Lipinski definition) is 6. The fraction of sp³-hybridized carbons (Fsp3) is 0.394. The highest BCUT2D eigenvalue weighted by Gasteiger charge is 2.36. The van der Waals surface area contributed by atoms with Gasteiger partial charge in [0, 0.05) is 24.7 Å². The Hall–Kier alpha value is -3.43. The lowest BCUT2D eigenvalue weighted by molar-refractivity contribution is -0.124. The fourth-order valence-corrected chi connectivity index (χ4v) is 6.95. The molecule has 1 aromatic heterocycles. The number of aromatic nitrogens is 1. The number of nitrogens with zero attached hydrogens (tertiary/aromatic N) is 2.